The zero-order valence-corrected chi connectivity index (χ0v) is 14.7. The van der Waals surface area contributed by atoms with E-state index >= 15 is 0 Å². The number of amides is 1. The van der Waals surface area contributed by atoms with E-state index in [1.807, 2.05) is 60.8 Å². The van der Waals surface area contributed by atoms with Crippen molar-refractivity contribution >= 4 is 5.91 Å². The maximum Gasteiger partial charge on any atom is 0.227 e. The molecule has 0 N–H and O–H groups in total. The number of rotatable bonds is 7. The molecule has 0 spiro atoms. The standard InChI is InChI=1S/C21H19N3O3/c25-21(12-17-13-22-24(14-17)18-6-2-1-3-7-18)23(15-19-8-4-10-26-19)16-20-9-5-11-27-20/h1-11,13-14H,12,15-16H2. The van der Waals surface area contributed by atoms with E-state index in [2.05, 4.69) is 5.10 Å². The van der Waals surface area contributed by atoms with Gasteiger partial charge >= 0.3 is 0 Å². The molecule has 27 heavy (non-hydrogen) atoms. The molecular weight excluding hydrogens is 342 g/mol. The van der Waals surface area contributed by atoms with Gasteiger partial charge in [0.25, 0.3) is 0 Å². The van der Waals surface area contributed by atoms with Crippen molar-refractivity contribution in [2.45, 2.75) is 19.5 Å². The van der Waals surface area contributed by atoms with Crippen LogP contribution in [0.1, 0.15) is 17.1 Å². The molecule has 6 heteroatoms. The molecule has 1 aromatic carbocycles. The van der Waals surface area contributed by atoms with Gasteiger partial charge in [0.15, 0.2) is 0 Å². The Hall–Kier alpha value is -3.54. The van der Waals surface area contributed by atoms with Crippen molar-refractivity contribution in [2.75, 3.05) is 0 Å². The number of aromatic nitrogens is 2. The molecule has 0 bridgehead atoms. The summed E-state index contributed by atoms with van der Waals surface area (Å²) in [5, 5.41) is 4.36. The monoisotopic (exact) mass is 361 g/mol. The molecule has 0 unspecified atom stereocenters. The molecule has 3 heterocycles. The third-order valence-electron chi connectivity index (χ3n) is 4.22. The summed E-state index contributed by atoms with van der Waals surface area (Å²) in [6.45, 7) is 0.776. The van der Waals surface area contributed by atoms with Crippen molar-refractivity contribution in [1.29, 1.82) is 0 Å². The van der Waals surface area contributed by atoms with E-state index in [4.69, 9.17) is 8.83 Å². The van der Waals surface area contributed by atoms with Crippen LogP contribution < -0.4 is 0 Å². The number of carbonyl (C=O) groups excluding carboxylic acids is 1. The van der Waals surface area contributed by atoms with Crippen molar-refractivity contribution in [3.63, 3.8) is 0 Å². The predicted octanol–water partition coefficient (Wildman–Crippen LogP) is 3.83. The Labute approximate surface area is 156 Å². The number of nitrogens with zero attached hydrogens (tertiary/aromatic N) is 3. The molecule has 0 aliphatic rings. The molecule has 4 aromatic rings. The molecule has 136 valence electrons. The van der Waals surface area contributed by atoms with Crippen LogP contribution in [0.15, 0.2) is 88.4 Å². The van der Waals surface area contributed by atoms with E-state index in [9.17, 15) is 4.79 Å². The highest BCUT2D eigenvalue weighted by molar-refractivity contribution is 5.78. The maximum atomic E-state index is 12.9. The average molecular weight is 361 g/mol. The van der Waals surface area contributed by atoms with Gasteiger partial charge in [-0.3, -0.25) is 4.79 Å². The molecule has 0 saturated heterocycles. The average Bonchev–Trinajstić information content (AvgIpc) is 3.45. The summed E-state index contributed by atoms with van der Waals surface area (Å²) >= 11 is 0. The number of furan rings is 2. The Kier molecular flexibility index (Phi) is 4.87. The van der Waals surface area contributed by atoms with Crippen molar-refractivity contribution < 1.29 is 13.6 Å². The lowest BCUT2D eigenvalue weighted by Gasteiger charge is -2.20. The van der Waals surface area contributed by atoms with Crippen LogP contribution in [0, 0.1) is 0 Å². The largest absolute Gasteiger partial charge is 0.467 e. The first-order valence-corrected chi connectivity index (χ1v) is 8.69. The molecule has 6 nitrogen and oxygen atoms in total. The van der Waals surface area contributed by atoms with Crippen LogP contribution in [0.2, 0.25) is 0 Å². The van der Waals surface area contributed by atoms with Crippen molar-refractivity contribution in [2.24, 2.45) is 0 Å². The van der Waals surface area contributed by atoms with E-state index in [0.29, 0.717) is 13.1 Å². The van der Waals surface area contributed by atoms with Crippen LogP contribution in [-0.2, 0) is 24.3 Å². The van der Waals surface area contributed by atoms with Gasteiger partial charge < -0.3 is 13.7 Å². The summed E-state index contributed by atoms with van der Waals surface area (Å²) in [5.41, 5.74) is 1.81. The lowest BCUT2D eigenvalue weighted by atomic mass is 10.2. The minimum atomic E-state index is -0.0181. The summed E-state index contributed by atoms with van der Waals surface area (Å²) in [6, 6.07) is 17.2. The molecule has 1 amide bonds. The number of hydrogen-bond donors (Lipinski definition) is 0. The smallest absolute Gasteiger partial charge is 0.227 e. The molecule has 0 radical (unpaired) electrons. The number of para-hydroxylation sites is 1. The third-order valence-corrected chi connectivity index (χ3v) is 4.22. The summed E-state index contributed by atoms with van der Waals surface area (Å²) in [4.78, 5) is 14.6. The topological polar surface area (TPSA) is 64.4 Å². The molecular formula is C21H19N3O3. The predicted molar refractivity (Wildman–Crippen MR) is 98.9 cm³/mol. The first kappa shape index (κ1) is 16.9. The van der Waals surface area contributed by atoms with E-state index in [0.717, 1.165) is 22.8 Å². The third kappa shape index (κ3) is 4.17. The summed E-state index contributed by atoms with van der Waals surface area (Å²) < 4.78 is 12.6. The molecule has 0 saturated carbocycles. The molecule has 0 aliphatic heterocycles. The molecule has 4 rings (SSSR count). The van der Waals surface area contributed by atoms with E-state index < -0.39 is 0 Å². The molecule has 0 atom stereocenters. The van der Waals surface area contributed by atoms with E-state index in [-0.39, 0.29) is 12.3 Å². The Bertz CT molecular complexity index is 937. The van der Waals surface area contributed by atoms with Crippen LogP contribution in [0.25, 0.3) is 5.69 Å². The first-order chi connectivity index (χ1) is 13.3. The van der Waals surface area contributed by atoms with Crippen LogP contribution in [0.4, 0.5) is 0 Å². The van der Waals surface area contributed by atoms with E-state index in [1.165, 1.54) is 0 Å². The highest BCUT2D eigenvalue weighted by Gasteiger charge is 2.18. The zero-order chi connectivity index (χ0) is 18.5. The van der Waals surface area contributed by atoms with Gasteiger partial charge in [0, 0.05) is 6.20 Å². The Balaban J connectivity index is 1.48. The highest BCUT2D eigenvalue weighted by atomic mass is 16.3. The van der Waals surface area contributed by atoms with Gasteiger partial charge in [0.2, 0.25) is 5.91 Å². The van der Waals surface area contributed by atoms with Gasteiger partial charge in [-0.2, -0.15) is 5.10 Å². The SMILES string of the molecule is O=C(Cc1cnn(-c2ccccc2)c1)N(Cc1ccco1)Cc1ccco1. The second-order valence-electron chi connectivity index (χ2n) is 6.21. The van der Waals surface area contributed by atoms with Crippen LogP contribution in [0.5, 0.6) is 0 Å². The molecule has 0 fully saturated rings. The quantitative estimate of drug-likeness (QED) is 0.502. The Morgan fingerprint density at radius 3 is 2.19 bits per heavy atom. The number of carbonyl (C=O) groups is 1. The van der Waals surface area contributed by atoms with Crippen molar-refractivity contribution in [3.8, 4) is 5.69 Å². The lowest BCUT2D eigenvalue weighted by Crippen LogP contribution is -2.31. The summed E-state index contributed by atoms with van der Waals surface area (Å²) in [7, 11) is 0. The van der Waals surface area contributed by atoms with Crippen molar-refractivity contribution in [3.05, 3.63) is 96.6 Å². The van der Waals surface area contributed by atoms with E-state index in [1.54, 1.807) is 28.3 Å². The van der Waals surface area contributed by atoms with Gasteiger partial charge in [-0.15, -0.1) is 0 Å². The summed E-state index contributed by atoms with van der Waals surface area (Å²) in [5.74, 6) is 1.44. The maximum absolute atomic E-state index is 12.9. The minimum absolute atomic E-state index is 0.0181. The lowest BCUT2D eigenvalue weighted by molar-refractivity contribution is -0.132. The van der Waals surface area contributed by atoms with Gasteiger partial charge in [-0.25, -0.2) is 4.68 Å². The fourth-order valence-corrected chi connectivity index (χ4v) is 2.87. The van der Waals surface area contributed by atoms with Crippen LogP contribution in [-0.4, -0.2) is 20.6 Å². The second-order valence-corrected chi connectivity index (χ2v) is 6.21. The van der Waals surface area contributed by atoms with Gasteiger partial charge in [-0.05, 0) is 42.0 Å². The first-order valence-electron chi connectivity index (χ1n) is 8.69. The van der Waals surface area contributed by atoms with Crippen molar-refractivity contribution in [1.82, 2.24) is 14.7 Å². The normalized spacial score (nSPS) is 10.8. The number of hydrogen-bond acceptors (Lipinski definition) is 4. The highest BCUT2D eigenvalue weighted by Crippen LogP contribution is 2.14. The second kappa shape index (κ2) is 7.78. The Morgan fingerprint density at radius 1 is 0.926 bits per heavy atom. The molecule has 3 aromatic heterocycles. The minimum Gasteiger partial charge on any atom is -0.467 e. The Morgan fingerprint density at radius 2 is 1.59 bits per heavy atom. The fourth-order valence-electron chi connectivity index (χ4n) is 2.87. The number of benzene rings is 1. The zero-order valence-electron chi connectivity index (χ0n) is 14.7. The summed E-state index contributed by atoms with van der Waals surface area (Å²) in [6.07, 6.45) is 7.08. The van der Waals surface area contributed by atoms with Gasteiger partial charge in [0.05, 0.1) is 43.9 Å². The molecule has 0 aliphatic carbocycles. The van der Waals surface area contributed by atoms with Crippen LogP contribution in [0.3, 0.4) is 0 Å². The van der Waals surface area contributed by atoms with Crippen LogP contribution >= 0.6 is 0 Å². The van der Waals surface area contributed by atoms with Gasteiger partial charge in [0.1, 0.15) is 11.5 Å². The van der Waals surface area contributed by atoms with Gasteiger partial charge in [-0.1, -0.05) is 18.2 Å². The fraction of sp³-hybridized carbons (Fsp3) is 0.143.